The molecule has 2 atom stereocenters. The van der Waals surface area contributed by atoms with Crippen LogP contribution in [0.2, 0.25) is 0 Å². The number of hydrogen-bond acceptors (Lipinski definition) is 7. The Kier molecular flexibility index (Phi) is 16.8. The third kappa shape index (κ3) is 13.0. The van der Waals surface area contributed by atoms with Gasteiger partial charge in [0.1, 0.15) is 0 Å². The highest BCUT2D eigenvalue weighted by molar-refractivity contribution is 9.11. The fraction of sp³-hybridized carbons (Fsp3) is 0.435. The number of esters is 2. The monoisotopic (exact) mass is 924 g/mol. The van der Waals surface area contributed by atoms with Gasteiger partial charge in [0.15, 0.2) is 0 Å². The van der Waals surface area contributed by atoms with E-state index in [2.05, 4.69) is 97.7 Å². The van der Waals surface area contributed by atoms with Crippen molar-refractivity contribution in [2.24, 2.45) is 23.7 Å². The highest BCUT2D eigenvalue weighted by atomic mass is 79.9. The Labute approximate surface area is 357 Å². The molecule has 0 aliphatic rings. The molecule has 0 aliphatic heterocycles. The average Bonchev–Trinajstić information content (AvgIpc) is 3.89. The molecule has 294 valence electrons. The first-order valence-electron chi connectivity index (χ1n) is 19.6. The van der Waals surface area contributed by atoms with Gasteiger partial charge in [-0.05, 0) is 128 Å². The molecule has 5 rings (SSSR count). The summed E-state index contributed by atoms with van der Waals surface area (Å²) in [5.74, 6) is 2.02. The molecule has 3 heterocycles. The molecular formula is C46H54Br2O4S3. The Hall–Kier alpha value is -2.56. The van der Waals surface area contributed by atoms with E-state index in [1.165, 1.54) is 58.0 Å². The quantitative estimate of drug-likeness (QED) is 0.0730. The van der Waals surface area contributed by atoms with Crippen LogP contribution in [-0.4, -0.2) is 25.2 Å². The number of carbonyl (C=O) groups excluding carboxylic acids is 2. The van der Waals surface area contributed by atoms with Crippen LogP contribution in [0.3, 0.4) is 0 Å². The van der Waals surface area contributed by atoms with Crippen LogP contribution in [0.15, 0.2) is 80.4 Å². The molecule has 0 aliphatic carbocycles. The Balaban J connectivity index is 1.21. The summed E-state index contributed by atoms with van der Waals surface area (Å²) < 4.78 is 13.4. The Morgan fingerprint density at radius 1 is 0.527 bits per heavy atom. The van der Waals surface area contributed by atoms with Gasteiger partial charge in [-0.2, -0.15) is 0 Å². The minimum Gasteiger partial charge on any atom is -0.462 e. The fourth-order valence-electron chi connectivity index (χ4n) is 6.58. The summed E-state index contributed by atoms with van der Waals surface area (Å²) in [6.07, 6.45) is 9.07. The van der Waals surface area contributed by atoms with Crippen LogP contribution in [0.4, 0.5) is 0 Å². The predicted octanol–water partition coefficient (Wildman–Crippen LogP) is 16.1. The summed E-state index contributed by atoms with van der Waals surface area (Å²) in [7, 11) is 0. The van der Waals surface area contributed by atoms with Crippen molar-refractivity contribution >= 4 is 77.8 Å². The predicted molar refractivity (Wildman–Crippen MR) is 243 cm³/mol. The number of halogens is 2. The molecule has 4 nitrogen and oxygen atoms in total. The zero-order chi connectivity index (χ0) is 39.5. The fourth-order valence-corrected chi connectivity index (χ4v) is 11.1. The third-order valence-electron chi connectivity index (χ3n) is 9.97. The molecule has 3 aromatic heterocycles. The molecule has 5 aromatic rings. The minimum atomic E-state index is -0.268. The van der Waals surface area contributed by atoms with Crippen LogP contribution in [0.1, 0.15) is 114 Å². The van der Waals surface area contributed by atoms with Gasteiger partial charge in [0.2, 0.25) is 0 Å². The van der Waals surface area contributed by atoms with Crippen molar-refractivity contribution in [3.05, 3.63) is 91.5 Å². The Bertz CT molecular complexity index is 1830. The largest absolute Gasteiger partial charge is 0.462 e. The minimum absolute atomic E-state index is 0.268. The van der Waals surface area contributed by atoms with Crippen LogP contribution in [0.25, 0.3) is 41.8 Å². The molecule has 0 radical (unpaired) electrons. The maximum atomic E-state index is 12.8. The van der Waals surface area contributed by atoms with Gasteiger partial charge >= 0.3 is 11.9 Å². The molecule has 0 amide bonds. The standard InChI is InChI=1S/C46H54Br2O4S3/c1-29(2)9-7-11-31(5)23-25-51-45(49)35-17-13-33(14-18-35)37-27-41(47)54-43(37)39-21-22-40(53-39)44-38(28-42(48)55-44)34-15-19-36(20-16-34)46(50)52-26-24-32(6)12-8-10-30(3)4/h13-22,27-32H,7-12,23-26H2,1-6H3. The molecule has 0 N–H and O–H groups in total. The van der Waals surface area contributed by atoms with Crippen molar-refractivity contribution in [3.8, 4) is 41.8 Å². The van der Waals surface area contributed by atoms with Crippen molar-refractivity contribution in [1.82, 2.24) is 0 Å². The maximum Gasteiger partial charge on any atom is 0.338 e. The highest BCUT2D eigenvalue weighted by Gasteiger charge is 2.19. The molecule has 0 bridgehead atoms. The maximum absolute atomic E-state index is 12.8. The van der Waals surface area contributed by atoms with E-state index in [4.69, 9.17) is 9.47 Å². The van der Waals surface area contributed by atoms with E-state index in [1.807, 2.05) is 48.5 Å². The van der Waals surface area contributed by atoms with Crippen LogP contribution in [0, 0.1) is 23.7 Å². The van der Waals surface area contributed by atoms with Gasteiger partial charge in [-0.3, -0.25) is 0 Å². The molecule has 0 fully saturated rings. The zero-order valence-electron chi connectivity index (χ0n) is 32.9. The van der Waals surface area contributed by atoms with Gasteiger partial charge in [0.25, 0.3) is 0 Å². The number of carbonyl (C=O) groups is 2. The topological polar surface area (TPSA) is 52.6 Å². The average molecular weight is 927 g/mol. The second kappa shape index (κ2) is 21.3. The molecule has 2 unspecified atom stereocenters. The van der Waals surface area contributed by atoms with Crippen LogP contribution in [-0.2, 0) is 9.47 Å². The molecular weight excluding hydrogens is 873 g/mol. The molecule has 0 spiro atoms. The van der Waals surface area contributed by atoms with Crippen molar-refractivity contribution in [1.29, 1.82) is 0 Å². The highest BCUT2D eigenvalue weighted by Crippen LogP contribution is 2.49. The van der Waals surface area contributed by atoms with Crippen LogP contribution in [0.5, 0.6) is 0 Å². The molecule has 9 heteroatoms. The van der Waals surface area contributed by atoms with Gasteiger partial charge in [-0.25, -0.2) is 9.59 Å². The summed E-state index contributed by atoms with van der Waals surface area (Å²) in [5, 5.41) is 0. The van der Waals surface area contributed by atoms with Crippen molar-refractivity contribution in [2.75, 3.05) is 13.2 Å². The first-order valence-corrected chi connectivity index (χ1v) is 23.7. The van der Waals surface area contributed by atoms with Gasteiger partial charge in [-0.1, -0.05) is 104 Å². The van der Waals surface area contributed by atoms with E-state index in [1.54, 1.807) is 34.0 Å². The molecule has 2 aromatic carbocycles. The summed E-state index contributed by atoms with van der Waals surface area (Å²) in [6, 6.07) is 24.2. The normalized spacial score (nSPS) is 12.7. The first kappa shape index (κ1) is 43.6. The lowest BCUT2D eigenvalue weighted by molar-refractivity contribution is 0.0474. The number of hydrogen-bond donors (Lipinski definition) is 0. The first-order chi connectivity index (χ1) is 26.4. The Morgan fingerprint density at radius 3 is 1.27 bits per heavy atom. The van der Waals surface area contributed by atoms with E-state index in [9.17, 15) is 9.59 Å². The summed E-state index contributed by atoms with van der Waals surface area (Å²) in [5.41, 5.74) is 5.49. The lowest BCUT2D eigenvalue weighted by Crippen LogP contribution is -2.09. The molecule has 0 saturated heterocycles. The van der Waals surface area contributed by atoms with Crippen LogP contribution < -0.4 is 0 Å². The van der Waals surface area contributed by atoms with Gasteiger partial charge < -0.3 is 9.47 Å². The summed E-state index contributed by atoms with van der Waals surface area (Å²) in [4.78, 5) is 30.4. The number of benzene rings is 2. The number of rotatable bonds is 20. The van der Waals surface area contributed by atoms with Crippen molar-refractivity contribution < 1.29 is 19.1 Å². The van der Waals surface area contributed by atoms with Gasteiger partial charge in [0, 0.05) is 20.9 Å². The lowest BCUT2D eigenvalue weighted by Gasteiger charge is -2.12. The zero-order valence-corrected chi connectivity index (χ0v) is 38.5. The van der Waals surface area contributed by atoms with Gasteiger partial charge in [-0.15, -0.1) is 34.0 Å². The summed E-state index contributed by atoms with van der Waals surface area (Å²) in [6.45, 7) is 14.4. The third-order valence-corrected chi connectivity index (χ3v) is 14.7. The second-order valence-corrected chi connectivity index (χ2v) is 21.6. The van der Waals surface area contributed by atoms with Gasteiger partial charge in [0.05, 0.1) is 41.7 Å². The smallest absolute Gasteiger partial charge is 0.338 e. The van der Waals surface area contributed by atoms with E-state index in [0.717, 1.165) is 54.5 Å². The van der Waals surface area contributed by atoms with Crippen molar-refractivity contribution in [3.63, 3.8) is 0 Å². The Morgan fingerprint density at radius 2 is 0.909 bits per heavy atom. The lowest BCUT2D eigenvalue weighted by atomic mass is 9.98. The van der Waals surface area contributed by atoms with Crippen LogP contribution >= 0.6 is 65.9 Å². The van der Waals surface area contributed by atoms with E-state index >= 15 is 0 Å². The van der Waals surface area contributed by atoms with E-state index < -0.39 is 0 Å². The summed E-state index contributed by atoms with van der Waals surface area (Å²) >= 11 is 12.7. The van der Waals surface area contributed by atoms with E-state index in [0.29, 0.717) is 36.2 Å². The molecule has 0 saturated carbocycles. The van der Waals surface area contributed by atoms with E-state index in [-0.39, 0.29) is 11.9 Å². The number of thiophene rings is 3. The second-order valence-electron chi connectivity index (χ2n) is 15.6. The number of ether oxygens (including phenoxy) is 2. The van der Waals surface area contributed by atoms with Crippen molar-refractivity contribution in [2.45, 2.75) is 92.9 Å². The SMILES string of the molecule is CC(C)CCCC(C)CCOC(=O)c1ccc(-c2cc(Br)sc2-c2ccc(-c3sc(Br)cc3-c3ccc(C(=O)OCCC(C)CCCC(C)C)cc3)s2)cc1. The molecule has 55 heavy (non-hydrogen) atoms.